The van der Waals surface area contributed by atoms with Crippen LogP contribution in [0.5, 0.6) is 0 Å². The summed E-state index contributed by atoms with van der Waals surface area (Å²) in [7, 11) is 2.98. The third-order valence-electron chi connectivity index (χ3n) is 2.65. The van der Waals surface area contributed by atoms with Gasteiger partial charge in [-0.1, -0.05) is 0 Å². The van der Waals surface area contributed by atoms with Gasteiger partial charge in [0.05, 0.1) is 35.4 Å². The number of carbonyl (C=O) groups is 2. The van der Waals surface area contributed by atoms with Crippen molar-refractivity contribution < 1.29 is 19.1 Å². The second kappa shape index (κ2) is 9.38. The number of hydrogen-bond acceptors (Lipinski definition) is 8. The van der Waals surface area contributed by atoms with Crippen LogP contribution in [0.15, 0.2) is 34.6 Å². The Morgan fingerprint density at radius 2 is 1.33 bits per heavy atom. The Bertz CT molecular complexity index is 628. The first-order valence-corrected chi connectivity index (χ1v) is 9.46. The first-order chi connectivity index (χ1) is 11.6. The second-order valence-electron chi connectivity index (χ2n) is 4.52. The van der Waals surface area contributed by atoms with Gasteiger partial charge in [-0.3, -0.25) is 19.0 Å². The Morgan fingerprint density at radius 3 is 1.71 bits per heavy atom. The fourth-order valence-corrected chi connectivity index (χ4v) is 3.52. The van der Waals surface area contributed by atoms with Gasteiger partial charge in [-0.2, -0.15) is 10.2 Å². The molecule has 0 saturated heterocycles. The molecule has 0 aliphatic rings. The molecule has 0 fully saturated rings. The molecule has 0 bridgehead atoms. The largest absolute Gasteiger partial charge is 0.465 e. The zero-order valence-electron chi connectivity index (χ0n) is 13.4. The van der Waals surface area contributed by atoms with Gasteiger partial charge in [0, 0.05) is 12.4 Å². The number of aromatic nitrogens is 4. The molecule has 2 aromatic rings. The third kappa shape index (κ3) is 5.93. The van der Waals surface area contributed by atoms with Gasteiger partial charge < -0.3 is 9.47 Å². The Balaban J connectivity index is 1.81. The Kier molecular flexibility index (Phi) is 7.19. The van der Waals surface area contributed by atoms with E-state index < -0.39 is 0 Å². The van der Waals surface area contributed by atoms with Crippen LogP contribution in [-0.2, 0) is 32.2 Å². The number of ether oxygens (including phenoxy) is 2. The Labute approximate surface area is 147 Å². The zero-order valence-corrected chi connectivity index (χ0v) is 15.0. The maximum absolute atomic E-state index is 11.4. The minimum absolute atomic E-state index is 0.0938. The maximum atomic E-state index is 11.4. The molecule has 2 rings (SSSR count). The molecule has 0 unspecified atom stereocenters. The Hall–Kier alpha value is -1.94. The molecular formula is C14H18N4O4S2. The average Bonchev–Trinajstić information content (AvgIpc) is 3.15. The molecule has 0 saturated carbocycles. The molecule has 2 heterocycles. The van der Waals surface area contributed by atoms with Crippen molar-refractivity contribution >= 4 is 33.5 Å². The highest BCUT2D eigenvalue weighted by Crippen LogP contribution is 2.36. The predicted molar refractivity (Wildman–Crippen MR) is 89.4 cm³/mol. The van der Waals surface area contributed by atoms with E-state index in [0.717, 1.165) is 9.79 Å². The lowest BCUT2D eigenvalue weighted by molar-refractivity contribution is -0.145. The lowest BCUT2D eigenvalue weighted by atomic mass is 10.6. The van der Waals surface area contributed by atoms with Crippen LogP contribution in [0.3, 0.4) is 0 Å². The fraction of sp³-hybridized carbons (Fsp3) is 0.429. The summed E-state index contributed by atoms with van der Waals surface area (Å²) >= 11 is 0. The van der Waals surface area contributed by atoms with Crippen LogP contribution in [0, 0.1) is 0 Å². The summed E-state index contributed by atoms with van der Waals surface area (Å²) in [4.78, 5) is 24.6. The van der Waals surface area contributed by atoms with Crippen molar-refractivity contribution in [1.82, 2.24) is 19.6 Å². The maximum Gasteiger partial charge on any atom is 0.327 e. The molecule has 0 radical (unpaired) electrons. The first-order valence-electron chi connectivity index (χ1n) is 7.31. The van der Waals surface area contributed by atoms with Gasteiger partial charge in [-0.25, -0.2) is 0 Å². The van der Waals surface area contributed by atoms with E-state index in [0.29, 0.717) is 13.2 Å². The quantitative estimate of drug-likeness (QED) is 0.489. The zero-order chi connectivity index (χ0) is 17.4. The van der Waals surface area contributed by atoms with Crippen LogP contribution < -0.4 is 0 Å². The molecule has 0 atom stereocenters. The summed E-state index contributed by atoms with van der Waals surface area (Å²) in [5, 5.41) is 8.23. The van der Waals surface area contributed by atoms with Crippen LogP contribution in [0.1, 0.15) is 13.8 Å². The highest BCUT2D eigenvalue weighted by Gasteiger charge is 2.08. The van der Waals surface area contributed by atoms with Gasteiger partial charge in [-0.05, 0) is 35.4 Å². The first kappa shape index (κ1) is 18.4. The molecular weight excluding hydrogens is 352 g/mol. The van der Waals surface area contributed by atoms with Crippen LogP contribution >= 0.6 is 21.6 Å². The fourth-order valence-electron chi connectivity index (χ4n) is 1.72. The van der Waals surface area contributed by atoms with Gasteiger partial charge in [0.25, 0.3) is 0 Å². The molecule has 0 aliphatic carbocycles. The van der Waals surface area contributed by atoms with Crippen molar-refractivity contribution in [3.63, 3.8) is 0 Å². The third-order valence-corrected chi connectivity index (χ3v) is 4.94. The number of rotatable bonds is 9. The molecule has 0 spiro atoms. The number of hydrogen-bond donors (Lipinski definition) is 0. The van der Waals surface area contributed by atoms with E-state index in [1.54, 1.807) is 38.6 Å². The lowest BCUT2D eigenvalue weighted by Crippen LogP contribution is -2.13. The van der Waals surface area contributed by atoms with Crippen molar-refractivity contribution in [2.24, 2.45) is 0 Å². The van der Waals surface area contributed by atoms with Gasteiger partial charge in [-0.15, -0.1) is 0 Å². The van der Waals surface area contributed by atoms with E-state index in [1.165, 1.54) is 31.0 Å². The number of carbonyl (C=O) groups excluding carboxylic acids is 2. The molecule has 24 heavy (non-hydrogen) atoms. The smallest absolute Gasteiger partial charge is 0.327 e. The van der Waals surface area contributed by atoms with E-state index in [4.69, 9.17) is 9.47 Å². The Morgan fingerprint density at radius 1 is 0.917 bits per heavy atom. The van der Waals surface area contributed by atoms with E-state index >= 15 is 0 Å². The van der Waals surface area contributed by atoms with Crippen molar-refractivity contribution in [2.75, 3.05) is 13.2 Å². The molecule has 0 amide bonds. The SMILES string of the molecule is CCOC(=O)Cn1cc(SSc2cnn(CC(=O)OCC)c2)cn1. The summed E-state index contributed by atoms with van der Waals surface area (Å²) in [6.07, 6.45) is 6.91. The van der Waals surface area contributed by atoms with Crippen LogP contribution in [-0.4, -0.2) is 44.7 Å². The summed E-state index contributed by atoms with van der Waals surface area (Å²) in [5.41, 5.74) is 0. The minimum Gasteiger partial charge on any atom is -0.465 e. The number of esters is 2. The van der Waals surface area contributed by atoms with Gasteiger partial charge >= 0.3 is 11.9 Å². The van der Waals surface area contributed by atoms with Gasteiger partial charge in [0.15, 0.2) is 0 Å². The molecule has 2 aromatic heterocycles. The predicted octanol–water partition coefficient (Wildman–Crippen LogP) is 2.01. The van der Waals surface area contributed by atoms with E-state index in [-0.39, 0.29) is 25.0 Å². The highest BCUT2D eigenvalue weighted by atomic mass is 33.1. The summed E-state index contributed by atoms with van der Waals surface area (Å²) in [6.45, 7) is 4.43. The van der Waals surface area contributed by atoms with Crippen molar-refractivity contribution in [3.8, 4) is 0 Å². The van der Waals surface area contributed by atoms with Crippen molar-refractivity contribution in [2.45, 2.75) is 36.7 Å². The van der Waals surface area contributed by atoms with E-state index in [9.17, 15) is 9.59 Å². The second-order valence-corrected chi connectivity index (χ2v) is 6.80. The monoisotopic (exact) mass is 370 g/mol. The van der Waals surface area contributed by atoms with Crippen LogP contribution in [0.4, 0.5) is 0 Å². The molecule has 0 aromatic carbocycles. The van der Waals surface area contributed by atoms with Crippen molar-refractivity contribution in [1.29, 1.82) is 0 Å². The van der Waals surface area contributed by atoms with Gasteiger partial charge in [0.1, 0.15) is 13.1 Å². The topological polar surface area (TPSA) is 88.2 Å². The van der Waals surface area contributed by atoms with E-state index in [2.05, 4.69) is 10.2 Å². The molecule has 130 valence electrons. The van der Waals surface area contributed by atoms with Gasteiger partial charge in [0.2, 0.25) is 0 Å². The summed E-state index contributed by atoms with van der Waals surface area (Å²) in [5.74, 6) is -0.630. The molecule has 0 N–H and O–H groups in total. The average molecular weight is 370 g/mol. The normalized spacial score (nSPS) is 10.6. The molecule has 10 heteroatoms. The number of nitrogens with zero attached hydrogens (tertiary/aromatic N) is 4. The van der Waals surface area contributed by atoms with Crippen LogP contribution in [0.25, 0.3) is 0 Å². The molecule has 0 aliphatic heterocycles. The lowest BCUT2D eigenvalue weighted by Gasteiger charge is -2.01. The van der Waals surface area contributed by atoms with E-state index in [1.807, 2.05) is 0 Å². The highest BCUT2D eigenvalue weighted by molar-refractivity contribution is 8.76. The van der Waals surface area contributed by atoms with Crippen LogP contribution in [0.2, 0.25) is 0 Å². The van der Waals surface area contributed by atoms with Crippen molar-refractivity contribution in [3.05, 3.63) is 24.8 Å². The summed E-state index contributed by atoms with van der Waals surface area (Å²) in [6, 6.07) is 0. The summed E-state index contributed by atoms with van der Waals surface area (Å²) < 4.78 is 12.8. The minimum atomic E-state index is -0.315. The standard InChI is InChI=1S/C14H18N4O4S2/c1-3-21-13(19)9-17-7-11(5-15-17)23-24-12-6-16-18(8-12)10-14(20)22-4-2/h5-8H,3-4,9-10H2,1-2H3. The molecule has 8 nitrogen and oxygen atoms in total.